The molecule has 1 saturated heterocycles. The molecule has 1 N–H and O–H groups in total. The second-order valence-corrected chi connectivity index (χ2v) is 8.61. The Bertz CT molecular complexity index is 745. The van der Waals surface area contributed by atoms with Gasteiger partial charge >= 0.3 is 0 Å². The number of aliphatic hydroxyl groups is 1. The number of thiophene rings is 1. The maximum atomic E-state index is 12.9. The van der Waals surface area contributed by atoms with Crippen molar-refractivity contribution < 1.29 is 14.6 Å². The number of rotatable bonds is 6. The van der Waals surface area contributed by atoms with Gasteiger partial charge in [0.05, 0.1) is 0 Å². The van der Waals surface area contributed by atoms with Crippen LogP contribution >= 0.6 is 35.3 Å². The van der Waals surface area contributed by atoms with Crippen LogP contribution in [0.2, 0.25) is 5.02 Å². The number of amides is 1. The molecule has 1 fully saturated rings. The third-order valence-electron chi connectivity index (χ3n) is 4.66. The summed E-state index contributed by atoms with van der Waals surface area (Å²) in [5.74, 6) is 0.589. The lowest BCUT2D eigenvalue weighted by Gasteiger charge is -2.39. The highest BCUT2D eigenvalue weighted by Crippen LogP contribution is 2.24. The van der Waals surface area contributed by atoms with Gasteiger partial charge in [0.15, 0.2) is 5.60 Å². The molecule has 1 atom stereocenters. The molecule has 0 spiro atoms. The molecule has 1 aliphatic rings. The van der Waals surface area contributed by atoms with Gasteiger partial charge < -0.3 is 14.7 Å². The average Bonchev–Trinajstić information content (AvgIpc) is 3.18. The van der Waals surface area contributed by atoms with E-state index in [1.807, 2.05) is 22.4 Å². The number of hydrogen-bond donors (Lipinski definition) is 1. The van der Waals surface area contributed by atoms with Gasteiger partial charge in [0.2, 0.25) is 0 Å². The molecule has 0 saturated carbocycles. The van der Waals surface area contributed by atoms with Gasteiger partial charge in [-0.1, -0.05) is 17.7 Å². The van der Waals surface area contributed by atoms with E-state index in [9.17, 15) is 9.90 Å². The minimum atomic E-state index is -0.952. The van der Waals surface area contributed by atoms with Crippen LogP contribution in [0.1, 0.15) is 24.8 Å². The normalized spacial score (nSPS) is 16.4. The molecule has 1 unspecified atom stereocenters. The van der Waals surface area contributed by atoms with Gasteiger partial charge in [0.25, 0.3) is 5.91 Å². The van der Waals surface area contributed by atoms with Gasteiger partial charge in [-0.3, -0.25) is 9.69 Å². The maximum absolute atomic E-state index is 12.9. The quantitative estimate of drug-likeness (QED) is 0.734. The summed E-state index contributed by atoms with van der Waals surface area (Å²) in [7, 11) is 0. The zero-order chi connectivity index (χ0) is 19.4. The highest BCUT2D eigenvalue weighted by Gasteiger charge is 2.36. The smallest absolute Gasteiger partial charge is 0.266 e. The van der Waals surface area contributed by atoms with Crippen molar-refractivity contribution >= 4 is 41.3 Å². The second-order valence-electron chi connectivity index (χ2n) is 7.19. The van der Waals surface area contributed by atoms with E-state index in [0.29, 0.717) is 30.4 Å². The van der Waals surface area contributed by atoms with Gasteiger partial charge in [-0.15, -0.1) is 23.7 Å². The highest BCUT2D eigenvalue weighted by atomic mass is 35.5. The summed E-state index contributed by atoms with van der Waals surface area (Å²) in [6, 6.07) is 10.9. The summed E-state index contributed by atoms with van der Waals surface area (Å²) in [6.07, 6.45) is -0.475. The van der Waals surface area contributed by atoms with Gasteiger partial charge in [-0.25, -0.2) is 0 Å². The zero-order valence-corrected chi connectivity index (χ0v) is 18.4. The molecule has 1 amide bonds. The van der Waals surface area contributed by atoms with Crippen LogP contribution in [0, 0.1) is 0 Å². The summed E-state index contributed by atoms with van der Waals surface area (Å²) in [4.78, 5) is 17.9. The van der Waals surface area contributed by atoms with Crippen molar-refractivity contribution in [3.05, 3.63) is 51.7 Å². The van der Waals surface area contributed by atoms with Gasteiger partial charge in [-0.2, -0.15) is 0 Å². The van der Waals surface area contributed by atoms with Crippen molar-refractivity contribution in [2.24, 2.45) is 0 Å². The Kier molecular flexibility index (Phi) is 8.16. The number of ether oxygens (including phenoxy) is 1. The SMILES string of the molecule is CC(C)(Oc1ccc(Cl)cc1)C(=O)N1CCN(CC(O)c2cccs2)CC1.Cl. The predicted octanol–water partition coefficient (Wildman–Crippen LogP) is 3.86. The molecule has 8 heteroatoms. The maximum Gasteiger partial charge on any atom is 0.266 e. The van der Waals surface area contributed by atoms with Crippen LogP contribution < -0.4 is 4.74 Å². The molecule has 154 valence electrons. The number of nitrogens with zero attached hydrogens (tertiary/aromatic N) is 2. The minimum absolute atomic E-state index is 0. The fourth-order valence-corrected chi connectivity index (χ4v) is 4.00. The number of carbonyl (C=O) groups is 1. The molecule has 5 nitrogen and oxygen atoms in total. The van der Waals surface area contributed by atoms with E-state index >= 15 is 0 Å². The molecular weight excluding hydrogens is 419 g/mol. The van der Waals surface area contributed by atoms with E-state index < -0.39 is 11.7 Å². The molecule has 28 heavy (non-hydrogen) atoms. The number of carbonyl (C=O) groups excluding carboxylic acids is 1. The third kappa shape index (κ3) is 5.84. The van der Waals surface area contributed by atoms with E-state index in [4.69, 9.17) is 16.3 Å². The number of piperazine rings is 1. The van der Waals surface area contributed by atoms with Crippen molar-refractivity contribution in [2.45, 2.75) is 25.6 Å². The van der Waals surface area contributed by atoms with Crippen LogP contribution in [-0.2, 0) is 4.79 Å². The molecule has 3 rings (SSSR count). The van der Waals surface area contributed by atoms with Gasteiger partial charge in [0, 0.05) is 42.6 Å². The zero-order valence-electron chi connectivity index (χ0n) is 16.0. The lowest BCUT2D eigenvalue weighted by atomic mass is 10.1. The Balaban J connectivity index is 0.00000280. The Morgan fingerprint density at radius 3 is 2.43 bits per heavy atom. The standard InChI is InChI=1S/C20H25ClN2O3S.ClH/c1-20(2,26-16-7-5-15(21)6-8-16)19(25)23-11-9-22(10-12-23)14-17(24)18-4-3-13-27-18;/h3-8,13,17,24H,9-12,14H2,1-2H3;1H. The fraction of sp³-hybridized carbons (Fsp3) is 0.450. The Morgan fingerprint density at radius 1 is 1.21 bits per heavy atom. The highest BCUT2D eigenvalue weighted by molar-refractivity contribution is 7.10. The van der Waals surface area contributed by atoms with Crippen LogP contribution in [-0.4, -0.2) is 59.1 Å². The topological polar surface area (TPSA) is 53.0 Å². The third-order valence-corrected chi connectivity index (χ3v) is 5.89. The molecule has 0 radical (unpaired) electrons. The van der Waals surface area contributed by atoms with Crippen molar-refractivity contribution in [2.75, 3.05) is 32.7 Å². The molecule has 1 aromatic carbocycles. The van der Waals surface area contributed by atoms with Crippen molar-refractivity contribution in [1.82, 2.24) is 9.80 Å². The first kappa shape index (κ1) is 23.0. The Hall–Kier alpha value is -1.31. The summed E-state index contributed by atoms with van der Waals surface area (Å²) in [6.45, 7) is 6.91. The molecule has 2 aromatic rings. The van der Waals surface area contributed by atoms with E-state index in [0.717, 1.165) is 18.0 Å². The Morgan fingerprint density at radius 2 is 1.86 bits per heavy atom. The fourth-order valence-electron chi connectivity index (χ4n) is 3.17. The van der Waals surface area contributed by atoms with Crippen LogP contribution in [0.4, 0.5) is 0 Å². The molecule has 2 heterocycles. The molecule has 1 aliphatic heterocycles. The largest absolute Gasteiger partial charge is 0.478 e. The molecule has 1 aromatic heterocycles. The first-order valence-electron chi connectivity index (χ1n) is 9.03. The van der Waals surface area contributed by atoms with Crippen molar-refractivity contribution in [3.8, 4) is 5.75 Å². The summed E-state index contributed by atoms with van der Waals surface area (Å²) in [5, 5.41) is 12.9. The average molecular weight is 445 g/mol. The number of β-amino-alcohol motifs (C(OH)–C–C–N with tert-alkyl or cyclic N) is 1. The van der Waals surface area contributed by atoms with Crippen LogP contribution in [0.15, 0.2) is 41.8 Å². The first-order chi connectivity index (χ1) is 12.8. The Labute approximate surface area is 181 Å². The lowest BCUT2D eigenvalue weighted by molar-refractivity contribution is -0.147. The number of hydrogen-bond acceptors (Lipinski definition) is 5. The van der Waals surface area contributed by atoms with Crippen LogP contribution in [0.25, 0.3) is 0 Å². The number of halogens is 2. The van der Waals surface area contributed by atoms with Crippen LogP contribution in [0.5, 0.6) is 5.75 Å². The minimum Gasteiger partial charge on any atom is -0.478 e. The van der Waals surface area contributed by atoms with E-state index in [1.165, 1.54) is 0 Å². The predicted molar refractivity (Wildman–Crippen MR) is 116 cm³/mol. The summed E-state index contributed by atoms with van der Waals surface area (Å²) >= 11 is 7.46. The molecule has 0 aliphatic carbocycles. The van der Waals surface area contributed by atoms with E-state index in [1.54, 1.807) is 49.4 Å². The lowest BCUT2D eigenvalue weighted by Crippen LogP contribution is -2.56. The number of aliphatic hydroxyl groups excluding tert-OH is 1. The second kappa shape index (κ2) is 9.94. The van der Waals surface area contributed by atoms with Crippen molar-refractivity contribution in [1.29, 1.82) is 0 Å². The van der Waals surface area contributed by atoms with Crippen molar-refractivity contribution in [3.63, 3.8) is 0 Å². The first-order valence-corrected chi connectivity index (χ1v) is 10.3. The van der Waals surface area contributed by atoms with Gasteiger partial charge in [0.1, 0.15) is 11.9 Å². The molecular formula is C20H26Cl2N2O3S. The summed E-state index contributed by atoms with van der Waals surface area (Å²) in [5.41, 5.74) is -0.952. The van der Waals surface area contributed by atoms with Gasteiger partial charge in [-0.05, 0) is 49.6 Å². The van der Waals surface area contributed by atoms with E-state index in [2.05, 4.69) is 4.90 Å². The van der Waals surface area contributed by atoms with Crippen LogP contribution in [0.3, 0.4) is 0 Å². The summed E-state index contributed by atoms with van der Waals surface area (Å²) < 4.78 is 5.91. The van der Waals surface area contributed by atoms with E-state index in [-0.39, 0.29) is 18.3 Å². The number of benzene rings is 1. The molecule has 0 bridgehead atoms. The monoisotopic (exact) mass is 444 g/mol.